The van der Waals surface area contributed by atoms with E-state index in [2.05, 4.69) is 5.32 Å². The number of nitrogens with zero attached hydrogens (tertiary/aromatic N) is 1. The van der Waals surface area contributed by atoms with Crippen molar-refractivity contribution in [2.24, 2.45) is 0 Å². The van der Waals surface area contributed by atoms with E-state index in [0.717, 1.165) is 0 Å². The van der Waals surface area contributed by atoms with E-state index in [1.165, 1.54) is 0 Å². The number of nitrogens with one attached hydrogen (secondary N) is 1. The number of methoxy groups -OCH3 is 2. The summed E-state index contributed by atoms with van der Waals surface area (Å²) >= 11 is 5.79. The van der Waals surface area contributed by atoms with Crippen LogP contribution in [0.15, 0.2) is 24.3 Å². The van der Waals surface area contributed by atoms with Gasteiger partial charge in [0, 0.05) is 37.9 Å². The number of hydrogen-bond acceptors (Lipinski definition) is 3. The molecule has 1 heterocycles. The summed E-state index contributed by atoms with van der Waals surface area (Å²) in [5.41, 5.74) is 0.710. The van der Waals surface area contributed by atoms with Crippen molar-refractivity contribution < 1.29 is 14.3 Å². The number of benzene rings is 1. The Hall–Kier alpha value is -1.30. The molecule has 0 saturated carbocycles. The minimum atomic E-state index is -0.683. The number of carbonyl (C=O) groups is 1. The molecule has 0 bridgehead atoms. The Morgan fingerprint density at radius 2 is 1.95 bits per heavy atom. The lowest BCUT2D eigenvalue weighted by atomic mass is 10.2. The third kappa shape index (κ3) is 3.18. The first kappa shape index (κ1) is 14.1. The summed E-state index contributed by atoms with van der Waals surface area (Å²) in [5.74, 6) is -0.683. The molecule has 5 nitrogen and oxygen atoms in total. The first-order chi connectivity index (χ1) is 9.08. The SMILES string of the molecule is COC1(OC)CCN(C(=O)Nc2ccc(Cl)cc2)C1. The number of carbonyl (C=O) groups excluding carboxylic acids is 1. The minimum Gasteiger partial charge on any atom is -0.351 e. The molecule has 1 aromatic rings. The van der Waals surface area contributed by atoms with Crippen LogP contribution >= 0.6 is 11.6 Å². The van der Waals surface area contributed by atoms with Crippen LogP contribution in [0.3, 0.4) is 0 Å². The van der Waals surface area contributed by atoms with Gasteiger partial charge in [-0.05, 0) is 24.3 Å². The van der Waals surface area contributed by atoms with E-state index < -0.39 is 5.79 Å². The molecular weight excluding hydrogens is 268 g/mol. The highest BCUT2D eigenvalue weighted by molar-refractivity contribution is 6.30. The van der Waals surface area contributed by atoms with Crippen molar-refractivity contribution in [2.45, 2.75) is 12.2 Å². The molecule has 2 amide bonds. The van der Waals surface area contributed by atoms with E-state index in [-0.39, 0.29) is 6.03 Å². The van der Waals surface area contributed by atoms with Crippen LogP contribution in [-0.4, -0.2) is 44.0 Å². The molecule has 0 spiro atoms. The fourth-order valence-corrected chi connectivity index (χ4v) is 2.21. The summed E-state index contributed by atoms with van der Waals surface area (Å²) in [5, 5.41) is 3.45. The Morgan fingerprint density at radius 1 is 1.32 bits per heavy atom. The van der Waals surface area contributed by atoms with Crippen LogP contribution in [0.4, 0.5) is 10.5 Å². The van der Waals surface area contributed by atoms with Gasteiger partial charge in [0.1, 0.15) is 0 Å². The van der Waals surface area contributed by atoms with Crippen molar-refractivity contribution in [3.05, 3.63) is 29.3 Å². The van der Waals surface area contributed by atoms with Crippen molar-refractivity contribution in [2.75, 3.05) is 32.6 Å². The number of rotatable bonds is 3. The number of hydrogen-bond donors (Lipinski definition) is 1. The predicted molar refractivity (Wildman–Crippen MR) is 73.4 cm³/mol. The predicted octanol–water partition coefficient (Wildman–Crippen LogP) is 2.57. The number of ether oxygens (including phenoxy) is 2. The van der Waals surface area contributed by atoms with Gasteiger partial charge in [0.15, 0.2) is 5.79 Å². The number of anilines is 1. The van der Waals surface area contributed by atoms with Crippen molar-refractivity contribution in [1.29, 1.82) is 0 Å². The van der Waals surface area contributed by atoms with Gasteiger partial charge in [-0.25, -0.2) is 4.79 Å². The van der Waals surface area contributed by atoms with Crippen molar-refractivity contribution in [1.82, 2.24) is 4.90 Å². The van der Waals surface area contributed by atoms with Crippen LogP contribution in [0.2, 0.25) is 5.02 Å². The van der Waals surface area contributed by atoms with Gasteiger partial charge in [-0.3, -0.25) is 0 Å². The molecule has 0 unspecified atom stereocenters. The number of amides is 2. The Morgan fingerprint density at radius 3 is 2.47 bits per heavy atom. The summed E-state index contributed by atoms with van der Waals surface area (Å²) in [7, 11) is 3.17. The molecule has 19 heavy (non-hydrogen) atoms. The zero-order chi connectivity index (χ0) is 13.9. The molecular formula is C13H17ClN2O3. The standard InChI is InChI=1S/C13H17ClN2O3/c1-18-13(19-2)7-8-16(9-13)12(17)15-11-5-3-10(14)4-6-11/h3-6H,7-9H2,1-2H3,(H,15,17). The fourth-order valence-electron chi connectivity index (χ4n) is 2.08. The molecule has 1 aliphatic heterocycles. The smallest absolute Gasteiger partial charge is 0.322 e. The molecule has 0 aromatic heterocycles. The van der Waals surface area contributed by atoms with Crippen LogP contribution in [0.1, 0.15) is 6.42 Å². The Bertz CT molecular complexity index is 446. The molecule has 1 N–H and O–H groups in total. The maximum absolute atomic E-state index is 12.1. The van der Waals surface area contributed by atoms with E-state index in [4.69, 9.17) is 21.1 Å². The van der Waals surface area contributed by atoms with Gasteiger partial charge in [-0.15, -0.1) is 0 Å². The summed E-state index contributed by atoms with van der Waals surface area (Å²) in [4.78, 5) is 13.8. The maximum Gasteiger partial charge on any atom is 0.322 e. The van der Waals surface area contributed by atoms with Gasteiger partial charge in [0.05, 0.1) is 6.54 Å². The quantitative estimate of drug-likeness (QED) is 0.868. The van der Waals surface area contributed by atoms with E-state index >= 15 is 0 Å². The third-order valence-corrected chi connectivity index (χ3v) is 3.57. The first-order valence-corrected chi connectivity index (χ1v) is 6.38. The van der Waals surface area contributed by atoms with E-state index in [1.807, 2.05) is 0 Å². The van der Waals surface area contributed by atoms with Gasteiger partial charge in [0.2, 0.25) is 0 Å². The van der Waals surface area contributed by atoms with Crippen LogP contribution in [0, 0.1) is 0 Å². The number of urea groups is 1. The van der Waals surface area contributed by atoms with E-state index in [0.29, 0.717) is 30.2 Å². The van der Waals surface area contributed by atoms with Crippen molar-refractivity contribution in [3.8, 4) is 0 Å². The lowest BCUT2D eigenvalue weighted by molar-refractivity contribution is -0.194. The van der Waals surface area contributed by atoms with Gasteiger partial charge in [0.25, 0.3) is 0 Å². The topological polar surface area (TPSA) is 50.8 Å². The highest BCUT2D eigenvalue weighted by Crippen LogP contribution is 2.26. The molecule has 6 heteroatoms. The Balaban J connectivity index is 1.96. The van der Waals surface area contributed by atoms with E-state index in [1.54, 1.807) is 43.4 Å². The molecule has 1 aromatic carbocycles. The molecule has 0 aliphatic carbocycles. The number of likely N-dealkylation sites (tertiary alicyclic amines) is 1. The van der Waals surface area contributed by atoms with E-state index in [9.17, 15) is 4.79 Å². The highest BCUT2D eigenvalue weighted by Gasteiger charge is 2.40. The second-order valence-electron chi connectivity index (χ2n) is 4.43. The average Bonchev–Trinajstić information content (AvgIpc) is 2.87. The van der Waals surface area contributed by atoms with Crippen molar-refractivity contribution >= 4 is 23.3 Å². The lowest BCUT2D eigenvalue weighted by Crippen LogP contribution is -2.40. The first-order valence-electron chi connectivity index (χ1n) is 6.00. The van der Waals surface area contributed by atoms with Crippen molar-refractivity contribution in [3.63, 3.8) is 0 Å². The summed E-state index contributed by atoms with van der Waals surface area (Å²) in [6.07, 6.45) is 0.661. The molecule has 1 fully saturated rings. The van der Waals surface area contributed by atoms with Crippen LogP contribution in [0.5, 0.6) is 0 Å². The second kappa shape index (κ2) is 5.77. The van der Waals surface area contributed by atoms with Crippen LogP contribution in [0.25, 0.3) is 0 Å². The lowest BCUT2D eigenvalue weighted by Gasteiger charge is -2.26. The zero-order valence-electron chi connectivity index (χ0n) is 11.0. The molecule has 1 saturated heterocycles. The molecule has 0 radical (unpaired) electrons. The largest absolute Gasteiger partial charge is 0.351 e. The number of halogens is 1. The van der Waals surface area contributed by atoms with Gasteiger partial charge < -0.3 is 19.7 Å². The normalized spacial score (nSPS) is 17.5. The van der Waals surface area contributed by atoms with Gasteiger partial charge in [-0.1, -0.05) is 11.6 Å². The molecule has 104 valence electrons. The maximum atomic E-state index is 12.1. The Labute approximate surface area is 117 Å². The fraction of sp³-hybridized carbons (Fsp3) is 0.462. The third-order valence-electron chi connectivity index (χ3n) is 3.32. The summed E-state index contributed by atoms with van der Waals surface area (Å²) < 4.78 is 10.7. The second-order valence-corrected chi connectivity index (χ2v) is 4.86. The zero-order valence-corrected chi connectivity index (χ0v) is 11.7. The monoisotopic (exact) mass is 284 g/mol. The summed E-state index contributed by atoms with van der Waals surface area (Å²) in [6.45, 7) is 1.01. The molecule has 2 rings (SSSR count). The van der Waals surface area contributed by atoms with Gasteiger partial charge in [-0.2, -0.15) is 0 Å². The van der Waals surface area contributed by atoms with Gasteiger partial charge >= 0.3 is 6.03 Å². The van der Waals surface area contributed by atoms with Crippen LogP contribution < -0.4 is 5.32 Å². The summed E-state index contributed by atoms with van der Waals surface area (Å²) in [6, 6.07) is 6.82. The minimum absolute atomic E-state index is 0.168. The highest BCUT2D eigenvalue weighted by atomic mass is 35.5. The Kier molecular flexibility index (Phi) is 4.29. The molecule has 0 atom stereocenters. The molecule has 1 aliphatic rings. The van der Waals surface area contributed by atoms with Crippen LogP contribution in [-0.2, 0) is 9.47 Å². The average molecular weight is 285 g/mol.